The number of aryl methyl sites for hydroxylation is 1. The normalized spacial score (nSPS) is 19.8. The highest BCUT2D eigenvalue weighted by atomic mass is 16.5. The molecule has 0 spiro atoms. The van der Waals surface area contributed by atoms with Crippen molar-refractivity contribution in [1.82, 2.24) is 20.4 Å². The first-order valence-corrected chi connectivity index (χ1v) is 8.94. The highest BCUT2D eigenvalue weighted by Crippen LogP contribution is 2.31. The summed E-state index contributed by atoms with van der Waals surface area (Å²) in [6.07, 6.45) is 2.01. The Hall–Kier alpha value is -2.21. The maximum Gasteiger partial charge on any atom is 0.242 e. The molecule has 1 aromatic carbocycles. The van der Waals surface area contributed by atoms with Crippen molar-refractivity contribution in [3.8, 4) is 0 Å². The number of carbonyl (C=O) groups is 1. The van der Waals surface area contributed by atoms with Crippen molar-refractivity contribution >= 4 is 5.91 Å². The Balaban J connectivity index is 1.83. The van der Waals surface area contributed by atoms with Gasteiger partial charge in [0.25, 0.3) is 0 Å². The van der Waals surface area contributed by atoms with E-state index in [0.29, 0.717) is 11.7 Å². The van der Waals surface area contributed by atoms with Gasteiger partial charge in [-0.2, -0.15) is 4.98 Å². The largest absolute Gasteiger partial charge is 0.352 e. The molecule has 2 aromatic rings. The molecule has 1 aromatic heterocycles. The van der Waals surface area contributed by atoms with Crippen LogP contribution in [0.4, 0.5) is 0 Å². The first-order chi connectivity index (χ1) is 12.0. The average Bonchev–Trinajstić information content (AvgIpc) is 3.02. The maximum absolute atomic E-state index is 12.9. The van der Waals surface area contributed by atoms with E-state index in [1.54, 1.807) is 0 Å². The molecule has 6 heteroatoms. The van der Waals surface area contributed by atoms with Gasteiger partial charge in [0.1, 0.15) is 6.04 Å². The van der Waals surface area contributed by atoms with E-state index in [0.717, 1.165) is 31.5 Å². The van der Waals surface area contributed by atoms with Gasteiger partial charge in [0.05, 0.1) is 5.92 Å². The van der Waals surface area contributed by atoms with Gasteiger partial charge in [-0.05, 0) is 45.7 Å². The molecular formula is C19H26N4O2. The summed E-state index contributed by atoms with van der Waals surface area (Å²) in [7, 11) is 0. The fourth-order valence-electron chi connectivity index (χ4n) is 3.45. The second-order valence-corrected chi connectivity index (χ2v) is 6.99. The molecule has 0 aliphatic carbocycles. The topological polar surface area (TPSA) is 71.3 Å². The smallest absolute Gasteiger partial charge is 0.242 e. The van der Waals surface area contributed by atoms with Crippen LogP contribution in [0, 0.1) is 6.92 Å². The number of likely N-dealkylation sites (tertiary alicyclic amines) is 1. The van der Waals surface area contributed by atoms with Crippen LogP contribution in [0.25, 0.3) is 0 Å². The number of carbonyl (C=O) groups excluding carboxylic acids is 1. The molecule has 3 rings (SSSR count). The van der Waals surface area contributed by atoms with Crippen LogP contribution in [0.2, 0.25) is 0 Å². The monoisotopic (exact) mass is 342 g/mol. The quantitative estimate of drug-likeness (QED) is 0.905. The van der Waals surface area contributed by atoms with Crippen molar-refractivity contribution in [3.63, 3.8) is 0 Å². The van der Waals surface area contributed by atoms with Crippen molar-refractivity contribution < 1.29 is 9.32 Å². The predicted octanol–water partition coefficient (Wildman–Crippen LogP) is 2.82. The van der Waals surface area contributed by atoms with E-state index in [9.17, 15) is 4.79 Å². The van der Waals surface area contributed by atoms with E-state index in [4.69, 9.17) is 4.52 Å². The van der Waals surface area contributed by atoms with Crippen molar-refractivity contribution in [2.75, 3.05) is 13.1 Å². The van der Waals surface area contributed by atoms with Crippen molar-refractivity contribution in [2.45, 2.75) is 51.6 Å². The van der Waals surface area contributed by atoms with Crippen molar-refractivity contribution in [3.05, 3.63) is 47.6 Å². The first kappa shape index (κ1) is 17.6. The fourth-order valence-corrected chi connectivity index (χ4v) is 3.45. The number of nitrogens with one attached hydrogen (secondary N) is 1. The Kier molecular flexibility index (Phi) is 5.48. The third-order valence-electron chi connectivity index (χ3n) is 4.51. The Bertz CT molecular complexity index is 698. The van der Waals surface area contributed by atoms with Gasteiger partial charge < -0.3 is 9.84 Å². The zero-order valence-corrected chi connectivity index (χ0v) is 15.1. The van der Waals surface area contributed by atoms with E-state index >= 15 is 0 Å². The number of rotatable bonds is 5. The van der Waals surface area contributed by atoms with Gasteiger partial charge in [0.15, 0.2) is 5.82 Å². The lowest BCUT2D eigenvalue weighted by molar-refractivity contribution is -0.127. The summed E-state index contributed by atoms with van der Waals surface area (Å²) >= 11 is 0. The molecule has 0 radical (unpaired) electrons. The van der Waals surface area contributed by atoms with Crippen LogP contribution in [-0.4, -0.2) is 40.1 Å². The first-order valence-electron chi connectivity index (χ1n) is 8.94. The molecule has 1 aliphatic rings. The zero-order valence-electron chi connectivity index (χ0n) is 15.1. The lowest BCUT2D eigenvalue weighted by atomic mass is 9.94. The minimum atomic E-state index is -0.296. The summed E-state index contributed by atoms with van der Waals surface area (Å²) in [6, 6.07) is 9.78. The molecular weight excluding hydrogens is 316 g/mol. The van der Waals surface area contributed by atoms with Gasteiger partial charge >= 0.3 is 0 Å². The maximum atomic E-state index is 12.9. The Morgan fingerprint density at radius 2 is 2.08 bits per heavy atom. The second-order valence-electron chi connectivity index (χ2n) is 6.99. The minimum Gasteiger partial charge on any atom is -0.352 e. The van der Waals surface area contributed by atoms with Crippen LogP contribution in [-0.2, 0) is 4.79 Å². The molecule has 6 nitrogen and oxygen atoms in total. The average molecular weight is 342 g/mol. The number of hydrogen-bond acceptors (Lipinski definition) is 5. The molecule has 2 unspecified atom stereocenters. The van der Waals surface area contributed by atoms with Crippen molar-refractivity contribution in [2.24, 2.45) is 0 Å². The number of piperidine rings is 1. The molecule has 0 bridgehead atoms. The number of benzene rings is 1. The van der Waals surface area contributed by atoms with Gasteiger partial charge in [-0.3, -0.25) is 9.69 Å². The summed E-state index contributed by atoms with van der Waals surface area (Å²) in [6.45, 7) is 7.43. The zero-order chi connectivity index (χ0) is 17.8. The van der Waals surface area contributed by atoms with Gasteiger partial charge in [-0.1, -0.05) is 35.5 Å². The summed E-state index contributed by atoms with van der Waals surface area (Å²) in [5, 5.41) is 6.98. The van der Waals surface area contributed by atoms with Crippen molar-refractivity contribution in [1.29, 1.82) is 0 Å². The molecule has 1 aliphatic heterocycles. The number of aromatic nitrogens is 2. The van der Waals surface area contributed by atoms with Crippen LogP contribution in [0.1, 0.15) is 55.9 Å². The number of amides is 1. The van der Waals surface area contributed by atoms with Gasteiger partial charge in [-0.25, -0.2) is 0 Å². The second kappa shape index (κ2) is 7.78. The van der Waals surface area contributed by atoms with E-state index in [1.807, 2.05) is 51.1 Å². The molecule has 1 N–H and O–H groups in total. The SMILES string of the molecule is Cc1noc(C2CCCN(C(C(=O)NC(C)C)c3ccccc3)C2)n1. The molecule has 2 heterocycles. The Labute approximate surface area is 148 Å². The van der Waals surface area contributed by atoms with Crippen LogP contribution in [0.3, 0.4) is 0 Å². The van der Waals surface area contributed by atoms with E-state index in [-0.39, 0.29) is 23.9 Å². The van der Waals surface area contributed by atoms with Crippen LogP contribution < -0.4 is 5.32 Å². The van der Waals surface area contributed by atoms with E-state index in [2.05, 4.69) is 20.4 Å². The summed E-state index contributed by atoms with van der Waals surface area (Å²) in [5.41, 5.74) is 1.02. The third-order valence-corrected chi connectivity index (χ3v) is 4.51. The highest BCUT2D eigenvalue weighted by Gasteiger charge is 2.34. The van der Waals surface area contributed by atoms with Gasteiger partial charge in [0, 0.05) is 12.6 Å². The Morgan fingerprint density at radius 3 is 2.72 bits per heavy atom. The lowest BCUT2D eigenvalue weighted by Crippen LogP contribution is -2.46. The summed E-state index contributed by atoms with van der Waals surface area (Å²) < 4.78 is 5.37. The van der Waals surface area contributed by atoms with Crippen LogP contribution >= 0.6 is 0 Å². The molecule has 134 valence electrons. The van der Waals surface area contributed by atoms with Crippen LogP contribution in [0.15, 0.2) is 34.9 Å². The lowest BCUT2D eigenvalue weighted by Gasteiger charge is -2.37. The molecule has 25 heavy (non-hydrogen) atoms. The highest BCUT2D eigenvalue weighted by molar-refractivity contribution is 5.83. The minimum absolute atomic E-state index is 0.0450. The Morgan fingerprint density at radius 1 is 1.32 bits per heavy atom. The number of nitrogens with zero attached hydrogens (tertiary/aromatic N) is 3. The van der Waals surface area contributed by atoms with Gasteiger partial charge in [-0.15, -0.1) is 0 Å². The third kappa shape index (κ3) is 4.25. The van der Waals surface area contributed by atoms with Gasteiger partial charge in [0.2, 0.25) is 11.8 Å². The van der Waals surface area contributed by atoms with E-state index < -0.39 is 0 Å². The van der Waals surface area contributed by atoms with Crippen LogP contribution in [0.5, 0.6) is 0 Å². The summed E-state index contributed by atoms with van der Waals surface area (Å²) in [5.74, 6) is 1.55. The molecule has 0 saturated carbocycles. The fraction of sp³-hybridized carbons (Fsp3) is 0.526. The molecule has 1 saturated heterocycles. The molecule has 1 amide bonds. The standard InChI is InChI=1S/C19H26N4O2/c1-13(2)20-18(24)17(15-8-5-4-6-9-15)23-11-7-10-16(12-23)19-21-14(3)22-25-19/h4-6,8-9,13,16-17H,7,10-12H2,1-3H3,(H,20,24). The number of hydrogen-bond donors (Lipinski definition) is 1. The summed E-state index contributed by atoms with van der Waals surface area (Å²) in [4.78, 5) is 19.5. The predicted molar refractivity (Wildman–Crippen MR) is 95.0 cm³/mol. The molecule has 1 fully saturated rings. The molecule has 2 atom stereocenters. The van der Waals surface area contributed by atoms with E-state index in [1.165, 1.54) is 0 Å².